The van der Waals surface area contributed by atoms with Crippen molar-refractivity contribution >= 4 is 41.6 Å². The van der Waals surface area contributed by atoms with Crippen LogP contribution in [0.3, 0.4) is 0 Å². The Balaban J connectivity index is 2.19. The fraction of sp³-hybridized carbons (Fsp3) is 0.250. The van der Waals surface area contributed by atoms with Crippen LogP contribution in [0.25, 0.3) is 0 Å². The van der Waals surface area contributed by atoms with Gasteiger partial charge < -0.3 is 9.05 Å². The van der Waals surface area contributed by atoms with E-state index in [-0.39, 0.29) is 0 Å². The first-order chi connectivity index (χ1) is 10.7. The van der Waals surface area contributed by atoms with Crippen LogP contribution in [0.2, 0.25) is 0 Å². The van der Waals surface area contributed by atoms with Crippen LogP contribution in [0.15, 0.2) is 58.3 Å². The zero-order valence-corrected chi connectivity index (χ0v) is 15.1. The second kappa shape index (κ2) is 6.73. The predicted octanol–water partition coefficient (Wildman–Crippen LogP) is 5.59. The normalized spacial score (nSPS) is 13.6. The quantitative estimate of drug-likeness (QED) is 0.653. The van der Waals surface area contributed by atoms with Gasteiger partial charge in [-0.15, -0.1) is 0 Å². The van der Waals surface area contributed by atoms with Gasteiger partial charge in [0.15, 0.2) is 0 Å². The summed E-state index contributed by atoms with van der Waals surface area (Å²) in [6.07, 6.45) is 0. The van der Waals surface area contributed by atoms with E-state index in [2.05, 4.69) is 28.9 Å². The number of benzene rings is 2. The number of hydrogen-bond donors (Lipinski definition) is 0. The Morgan fingerprint density at radius 1 is 0.909 bits per heavy atom. The highest BCUT2D eigenvalue weighted by atomic mass is 32.5. The molecule has 0 aliphatic carbocycles. The summed E-state index contributed by atoms with van der Waals surface area (Å²) in [7, 11) is 0. The Morgan fingerprint density at radius 2 is 1.36 bits per heavy atom. The van der Waals surface area contributed by atoms with Crippen LogP contribution in [0, 0.1) is 0 Å². The monoisotopic (exact) mass is 351 g/mol. The molecule has 0 radical (unpaired) electrons. The summed E-state index contributed by atoms with van der Waals surface area (Å²) in [6, 6.07) is 16.5. The third-order valence-corrected chi connectivity index (χ3v) is 7.58. The van der Waals surface area contributed by atoms with Gasteiger partial charge in [-0.3, -0.25) is 4.67 Å². The van der Waals surface area contributed by atoms with Crippen molar-refractivity contribution in [3.8, 4) is 0 Å². The lowest BCUT2D eigenvalue weighted by atomic mass is 10.2. The summed E-state index contributed by atoms with van der Waals surface area (Å²) in [6.45, 7) is 2.37. The van der Waals surface area contributed by atoms with Gasteiger partial charge >= 0.3 is 0 Å². The molecule has 1 aliphatic heterocycles. The molecule has 0 fully saturated rings. The summed E-state index contributed by atoms with van der Waals surface area (Å²) < 4.78 is 14.0. The van der Waals surface area contributed by atoms with E-state index in [0.29, 0.717) is 13.2 Å². The molecule has 0 saturated carbocycles. The Morgan fingerprint density at radius 3 is 1.82 bits per heavy atom. The second-order valence-electron chi connectivity index (χ2n) is 4.65. The summed E-state index contributed by atoms with van der Waals surface area (Å²) in [5, 5.41) is 0. The maximum atomic E-state index is 5.94. The van der Waals surface area contributed by atoms with E-state index >= 15 is 0 Å². The Labute approximate surface area is 140 Å². The summed E-state index contributed by atoms with van der Waals surface area (Å²) in [4.78, 5) is 2.35. The van der Waals surface area contributed by atoms with Crippen LogP contribution in [-0.4, -0.2) is 13.2 Å². The molecule has 0 atom stereocenters. The SMILES string of the molecule is CCOP(=S)(OCC)N1c2ccccc2Sc2ccccc21. The van der Waals surface area contributed by atoms with Crippen molar-refractivity contribution in [2.24, 2.45) is 0 Å². The van der Waals surface area contributed by atoms with Crippen molar-refractivity contribution in [1.29, 1.82) is 0 Å². The van der Waals surface area contributed by atoms with Gasteiger partial charge in [0.2, 0.25) is 0 Å². The minimum absolute atomic E-state index is 0.533. The standard InChI is InChI=1S/C16H18NO2PS2/c1-3-18-20(21,19-4-2)17-13-9-5-7-11-15(13)22-16-12-8-6-10-14(16)17/h5-12H,3-4H2,1-2H3. The van der Waals surface area contributed by atoms with E-state index in [1.165, 1.54) is 9.79 Å². The molecule has 2 aromatic rings. The number of rotatable bonds is 5. The van der Waals surface area contributed by atoms with E-state index in [9.17, 15) is 0 Å². The van der Waals surface area contributed by atoms with Crippen molar-refractivity contribution in [3.63, 3.8) is 0 Å². The van der Waals surface area contributed by atoms with Gasteiger partial charge in [-0.05, 0) is 49.9 Å². The van der Waals surface area contributed by atoms with Crippen LogP contribution in [0.4, 0.5) is 11.4 Å². The first kappa shape index (κ1) is 16.0. The van der Waals surface area contributed by atoms with E-state index in [0.717, 1.165) is 11.4 Å². The summed E-state index contributed by atoms with van der Waals surface area (Å²) >= 11 is 7.61. The molecule has 116 valence electrons. The van der Waals surface area contributed by atoms with E-state index in [4.69, 9.17) is 20.9 Å². The molecule has 3 nitrogen and oxygen atoms in total. The van der Waals surface area contributed by atoms with Crippen LogP contribution < -0.4 is 4.67 Å². The van der Waals surface area contributed by atoms with E-state index < -0.39 is 6.64 Å². The van der Waals surface area contributed by atoms with Crippen LogP contribution in [0.1, 0.15) is 13.8 Å². The molecule has 0 spiro atoms. The molecule has 1 aliphatic rings. The first-order valence-corrected chi connectivity index (χ1v) is 10.7. The number of nitrogens with zero attached hydrogens (tertiary/aromatic N) is 1. The Bertz CT molecular complexity index is 667. The molecule has 6 heteroatoms. The fourth-order valence-corrected chi connectivity index (χ4v) is 6.62. The zero-order valence-electron chi connectivity index (χ0n) is 12.6. The van der Waals surface area contributed by atoms with Crippen molar-refractivity contribution in [2.45, 2.75) is 23.6 Å². The molecule has 2 aromatic carbocycles. The maximum absolute atomic E-state index is 5.94. The lowest BCUT2D eigenvalue weighted by molar-refractivity contribution is 0.266. The largest absolute Gasteiger partial charge is 0.314 e. The highest BCUT2D eigenvalue weighted by Gasteiger charge is 2.35. The first-order valence-electron chi connectivity index (χ1n) is 7.25. The highest BCUT2D eigenvalue weighted by molar-refractivity contribution is 8.10. The zero-order chi connectivity index (χ0) is 15.6. The number of anilines is 2. The maximum Gasteiger partial charge on any atom is 0.294 e. The Hall–Kier alpha value is -0.840. The molecule has 0 saturated heterocycles. The molecular weight excluding hydrogens is 333 g/mol. The van der Waals surface area contributed by atoms with Crippen LogP contribution in [0.5, 0.6) is 0 Å². The molecule has 1 heterocycles. The summed E-state index contributed by atoms with van der Waals surface area (Å²) in [5.74, 6) is 0. The molecule has 3 rings (SSSR count). The third kappa shape index (κ3) is 2.84. The smallest absolute Gasteiger partial charge is 0.294 e. The van der Waals surface area contributed by atoms with Crippen LogP contribution >= 0.6 is 18.4 Å². The number of para-hydroxylation sites is 2. The topological polar surface area (TPSA) is 21.7 Å². The van der Waals surface area contributed by atoms with Gasteiger partial charge in [0.1, 0.15) is 0 Å². The average Bonchev–Trinajstić information content (AvgIpc) is 2.52. The third-order valence-electron chi connectivity index (χ3n) is 3.24. The Kier molecular flexibility index (Phi) is 4.91. The van der Waals surface area contributed by atoms with Gasteiger partial charge in [-0.25, -0.2) is 0 Å². The molecule has 0 N–H and O–H groups in total. The van der Waals surface area contributed by atoms with Crippen molar-refractivity contribution in [1.82, 2.24) is 0 Å². The molecule has 0 amide bonds. The lowest BCUT2D eigenvalue weighted by Crippen LogP contribution is -2.20. The average molecular weight is 351 g/mol. The molecule has 0 aromatic heterocycles. The van der Waals surface area contributed by atoms with Gasteiger partial charge in [0.25, 0.3) is 6.64 Å². The molecule has 22 heavy (non-hydrogen) atoms. The van der Waals surface area contributed by atoms with E-state index in [1.807, 2.05) is 38.1 Å². The fourth-order valence-electron chi connectivity index (χ4n) is 2.43. The van der Waals surface area contributed by atoms with Crippen molar-refractivity contribution in [2.75, 3.05) is 17.9 Å². The predicted molar refractivity (Wildman–Crippen MR) is 96.7 cm³/mol. The van der Waals surface area contributed by atoms with Gasteiger partial charge in [0, 0.05) is 9.79 Å². The van der Waals surface area contributed by atoms with Gasteiger partial charge in [0.05, 0.1) is 24.6 Å². The number of fused-ring (bicyclic) bond motifs is 2. The minimum atomic E-state index is -2.61. The summed E-state index contributed by atoms with van der Waals surface area (Å²) in [5.41, 5.74) is 2.13. The minimum Gasteiger partial charge on any atom is -0.314 e. The van der Waals surface area contributed by atoms with Crippen molar-refractivity contribution in [3.05, 3.63) is 48.5 Å². The molecule has 0 unspecified atom stereocenters. The van der Waals surface area contributed by atoms with Crippen LogP contribution in [-0.2, 0) is 20.9 Å². The van der Waals surface area contributed by atoms with Crippen molar-refractivity contribution < 1.29 is 9.05 Å². The second-order valence-corrected chi connectivity index (χ2v) is 8.98. The lowest BCUT2D eigenvalue weighted by Gasteiger charge is -2.39. The van der Waals surface area contributed by atoms with Gasteiger partial charge in [-0.1, -0.05) is 36.0 Å². The van der Waals surface area contributed by atoms with E-state index in [1.54, 1.807) is 11.8 Å². The molecular formula is C16H18NO2PS2. The highest BCUT2D eigenvalue weighted by Crippen LogP contribution is 2.63. The molecule has 0 bridgehead atoms. The van der Waals surface area contributed by atoms with Gasteiger partial charge in [-0.2, -0.15) is 0 Å². The number of hydrogen-bond acceptors (Lipinski definition) is 4.